The van der Waals surface area contributed by atoms with Crippen molar-refractivity contribution in [2.24, 2.45) is 11.0 Å². The van der Waals surface area contributed by atoms with Crippen LogP contribution in [0, 0.1) is 5.92 Å². The molecule has 0 radical (unpaired) electrons. The smallest absolute Gasteiger partial charge is 0.432 e. The Balaban J connectivity index is 2.61. The van der Waals surface area contributed by atoms with Crippen LogP contribution in [0.2, 0.25) is 0 Å². The first-order valence-corrected chi connectivity index (χ1v) is 6.08. The topological polar surface area (TPSA) is 102 Å². The van der Waals surface area contributed by atoms with Crippen molar-refractivity contribution in [3.8, 4) is 0 Å². The van der Waals surface area contributed by atoms with Gasteiger partial charge in [-0.3, -0.25) is 10.0 Å². The van der Waals surface area contributed by atoms with Gasteiger partial charge in [-0.2, -0.15) is 10.2 Å². The summed E-state index contributed by atoms with van der Waals surface area (Å²) in [5.41, 5.74) is 1.26. The highest BCUT2D eigenvalue weighted by Gasteiger charge is 2.57. The summed E-state index contributed by atoms with van der Waals surface area (Å²) in [5, 5.41) is 23.0. The Morgan fingerprint density at radius 3 is 2.45 bits per heavy atom. The number of hydrazone groups is 1. The Labute approximate surface area is 115 Å². The zero-order valence-corrected chi connectivity index (χ0v) is 11.1. The number of hydrogen-bond donors (Lipinski definition) is 3. The number of hydroxylamine groups is 2. The molecule has 0 aliphatic carbocycles. The minimum Gasteiger partial charge on any atom is -0.463 e. The zero-order valence-electron chi connectivity index (χ0n) is 11.1. The van der Waals surface area contributed by atoms with Gasteiger partial charge in [-0.1, -0.05) is 44.2 Å². The number of nitrogens with one attached hydrogen (secondary N) is 1. The number of carbonyl (C=O) groups is 2. The van der Waals surface area contributed by atoms with Crippen molar-refractivity contribution in [1.82, 2.24) is 10.5 Å². The number of carbonyl (C=O) groups excluding carboxylic acids is 1. The molecule has 0 bridgehead atoms. The molecule has 0 saturated carbocycles. The van der Waals surface area contributed by atoms with Crippen LogP contribution in [-0.4, -0.2) is 38.6 Å². The van der Waals surface area contributed by atoms with Crippen molar-refractivity contribution < 1.29 is 19.9 Å². The fraction of sp³-hybridized carbons (Fsp3) is 0.308. The van der Waals surface area contributed by atoms with E-state index < -0.39 is 23.5 Å². The van der Waals surface area contributed by atoms with E-state index in [4.69, 9.17) is 5.11 Å². The van der Waals surface area contributed by atoms with Crippen LogP contribution < -0.4 is 5.43 Å². The Morgan fingerprint density at radius 1 is 1.35 bits per heavy atom. The van der Waals surface area contributed by atoms with Crippen LogP contribution in [-0.2, 0) is 4.79 Å². The molecule has 0 saturated heterocycles. The number of amides is 2. The van der Waals surface area contributed by atoms with Crippen molar-refractivity contribution in [2.45, 2.75) is 19.4 Å². The van der Waals surface area contributed by atoms with Gasteiger partial charge in [-0.15, -0.1) is 0 Å². The van der Waals surface area contributed by atoms with Gasteiger partial charge >= 0.3 is 6.09 Å². The van der Waals surface area contributed by atoms with E-state index in [1.54, 1.807) is 44.2 Å². The summed E-state index contributed by atoms with van der Waals surface area (Å²) in [4.78, 5) is 23.3. The molecule has 1 aromatic rings. The van der Waals surface area contributed by atoms with Crippen LogP contribution in [0.4, 0.5) is 4.79 Å². The van der Waals surface area contributed by atoms with Crippen molar-refractivity contribution >= 4 is 17.7 Å². The Bertz CT molecular complexity index is 570. The van der Waals surface area contributed by atoms with Gasteiger partial charge in [0, 0.05) is 5.56 Å². The third-order valence-electron chi connectivity index (χ3n) is 3.37. The summed E-state index contributed by atoms with van der Waals surface area (Å²) in [6, 6.07) is 8.68. The molecular formula is C13H15N3O4. The fourth-order valence-electron chi connectivity index (χ4n) is 2.39. The van der Waals surface area contributed by atoms with Gasteiger partial charge in [0.2, 0.25) is 0 Å². The number of hydrogen-bond acceptors (Lipinski definition) is 4. The van der Waals surface area contributed by atoms with Gasteiger partial charge in [0.15, 0.2) is 5.54 Å². The maximum Gasteiger partial charge on any atom is 0.432 e. The third kappa shape index (κ3) is 1.83. The minimum atomic E-state index is -1.76. The molecule has 1 aromatic carbocycles. The van der Waals surface area contributed by atoms with E-state index in [1.165, 1.54) is 0 Å². The molecule has 106 valence electrons. The second-order valence-corrected chi connectivity index (χ2v) is 4.78. The number of rotatable bonds is 3. The van der Waals surface area contributed by atoms with Crippen molar-refractivity contribution in [3.63, 3.8) is 0 Å². The lowest BCUT2D eigenvalue weighted by Gasteiger charge is -2.36. The molecule has 3 N–H and O–H groups in total. The van der Waals surface area contributed by atoms with Crippen molar-refractivity contribution in [1.29, 1.82) is 0 Å². The minimum absolute atomic E-state index is 0.0336. The predicted molar refractivity (Wildman–Crippen MR) is 70.3 cm³/mol. The van der Waals surface area contributed by atoms with Gasteiger partial charge in [-0.05, 0) is 5.92 Å². The van der Waals surface area contributed by atoms with E-state index in [-0.39, 0.29) is 10.8 Å². The van der Waals surface area contributed by atoms with Crippen LogP contribution in [0.3, 0.4) is 0 Å². The molecular weight excluding hydrogens is 262 g/mol. The molecule has 0 fully saturated rings. The predicted octanol–water partition coefficient (Wildman–Crippen LogP) is 1.28. The first-order chi connectivity index (χ1) is 9.42. The number of nitrogens with zero attached hydrogens (tertiary/aromatic N) is 2. The number of carboxylic acid groups (broad SMARTS) is 1. The summed E-state index contributed by atoms with van der Waals surface area (Å²) in [6.45, 7) is 3.30. The Morgan fingerprint density at radius 2 is 1.95 bits per heavy atom. The second kappa shape index (κ2) is 4.93. The molecule has 1 aliphatic rings. The highest BCUT2D eigenvalue weighted by atomic mass is 16.6. The maximum absolute atomic E-state index is 12.2. The molecule has 2 amide bonds. The van der Waals surface area contributed by atoms with Crippen LogP contribution in [0.1, 0.15) is 19.4 Å². The molecule has 7 nitrogen and oxygen atoms in total. The summed E-state index contributed by atoms with van der Waals surface area (Å²) < 4.78 is 0. The highest BCUT2D eigenvalue weighted by Crippen LogP contribution is 2.32. The second-order valence-electron chi connectivity index (χ2n) is 4.78. The summed E-state index contributed by atoms with van der Waals surface area (Å²) in [6.07, 6.45) is -1.61. The fourth-order valence-corrected chi connectivity index (χ4v) is 2.39. The van der Waals surface area contributed by atoms with Gasteiger partial charge in [-0.25, -0.2) is 10.2 Å². The van der Waals surface area contributed by atoms with Gasteiger partial charge in [0.1, 0.15) is 5.71 Å². The summed E-state index contributed by atoms with van der Waals surface area (Å²) >= 11 is 0. The average Bonchev–Trinajstić information content (AvgIpc) is 2.77. The lowest BCUT2D eigenvalue weighted by molar-refractivity contribution is -0.157. The lowest BCUT2D eigenvalue weighted by Crippen LogP contribution is -2.63. The van der Waals surface area contributed by atoms with E-state index >= 15 is 0 Å². The normalized spacial score (nSPS) is 21.6. The first-order valence-electron chi connectivity index (χ1n) is 6.08. The van der Waals surface area contributed by atoms with Gasteiger partial charge in [0.25, 0.3) is 5.91 Å². The Kier molecular flexibility index (Phi) is 3.46. The van der Waals surface area contributed by atoms with Crippen molar-refractivity contribution in [2.75, 3.05) is 0 Å². The molecule has 1 unspecified atom stereocenters. The molecule has 1 aliphatic heterocycles. The summed E-state index contributed by atoms with van der Waals surface area (Å²) in [5.74, 6) is -1.18. The first kappa shape index (κ1) is 14.0. The lowest BCUT2D eigenvalue weighted by atomic mass is 9.78. The monoisotopic (exact) mass is 277 g/mol. The van der Waals surface area contributed by atoms with Crippen LogP contribution in [0.5, 0.6) is 0 Å². The van der Waals surface area contributed by atoms with Crippen LogP contribution in [0.25, 0.3) is 0 Å². The van der Waals surface area contributed by atoms with Crippen molar-refractivity contribution in [3.05, 3.63) is 35.9 Å². The summed E-state index contributed by atoms with van der Waals surface area (Å²) in [7, 11) is 0. The van der Waals surface area contributed by atoms with E-state index in [9.17, 15) is 14.8 Å². The molecule has 0 aromatic heterocycles. The number of benzene rings is 1. The molecule has 20 heavy (non-hydrogen) atoms. The third-order valence-corrected chi connectivity index (χ3v) is 3.37. The standard InChI is InChI=1S/C13H15N3O4/c1-8(2)13(16(20)12(18)19)10(14-15-11(13)17)9-6-4-3-5-7-9/h3-8,20H,1-2H3,(H,15,17)(H,18,19). The van der Waals surface area contributed by atoms with Gasteiger partial charge < -0.3 is 5.11 Å². The molecule has 7 heteroatoms. The van der Waals surface area contributed by atoms with Gasteiger partial charge in [0.05, 0.1) is 0 Å². The Hall–Kier alpha value is -2.41. The zero-order chi connectivity index (χ0) is 14.9. The molecule has 1 atom stereocenters. The largest absolute Gasteiger partial charge is 0.463 e. The molecule has 2 rings (SSSR count). The van der Waals surface area contributed by atoms with E-state index in [1.807, 2.05) is 0 Å². The van der Waals surface area contributed by atoms with E-state index in [0.29, 0.717) is 5.56 Å². The van der Waals surface area contributed by atoms with Crippen LogP contribution >= 0.6 is 0 Å². The molecule has 1 heterocycles. The molecule has 0 spiro atoms. The van der Waals surface area contributed by atoms with Crippen LogP contribution in [0.15, 0.2) is 35.4 Å². The van der Waals surface area contributed by atoms with E-state index in [0.717, 1.165) is 0 Å². The SMILES string of the molecule is CC(C)C1(N(O)C(=O)O)C(=O)NN=C1c1ccccc1. The maximum atomic E-state index is 12.2. The highest BCUT2D eigenvalue weighted by molar-refractivity contribution is 6.24. The quantitative estimate of drug-likeness (QED) is 0.572. The average molecular weight is 277 g/mol. The van der Waals surface area contributed by atoms with E-state index in [2.05, 4.69) is 10.5 Å².